The molecule has 0 bridgehead atoms. The smallest absolute Gasteiger partial charge is 0.251 e. The number of alkyl halides is 2. The van der Waals surface area contributed by atoms with Crippen molar-refractivity contribution in [3.63, 3.8) is 0 Å². The molecule has 0 aromatic carbocycles. The molecule has 1 aromatic rings. The number of aromatic nitrogens is 1. The fourth-order valence-electron chi connectivity index (χ4n) is 1.43. The molecule has 90 valence electrons. The molecule has 0 radical (unpaired) electrons. The monoisotopic (exact) mass is 229 g/mol. The Bertz CT molecular complexity index is 301. The van der Waals surface area contributed by atoms with Crippen LogP contribution in [0.25, 0.3) is 0 Å². The summed E-state index contributed by atoms with van der Waals surface area (Å²) in [5, 5.41) is 3.02. The van der Waals surface area contributed by atoms with Crippen molar-refractivity contribution in [3.8, 4) is 0 Å². The van der Waals surface area contributed by atoms with Gasteiger partial charge in [-0.25, -0.2) is 8.78 Å². The normalized spacial score (nSPS) is 11.4. The van der Waals surface area contributed by atoms with Gasteiger partial charge in [0.2, 0.25) is 0 Å². The van der Waals surface area contributed by atoms with Crippen molar-refractivity contribution in [3.05, 3.63) is 29.6 Å². The maximum absolute atomic E-state index is 12.1. The van der Waals surface area contributed by atoms with Crippen LogP contribution in [0.3, 0.4) is 0 Å². The maximum Gasteiger partial charge on any atom is 0.251 e. The number of halogens is 2. The number of hydrogen-bond donors (Lipinski definition) is 1. The Hall–Kier alpha value is -1.07. The summed E-state index contributed by atoms with van der Waals surface area (Å²) < 4.78 is 24.2. The second-order valence-electron chi connectivity index (χ2n) is 3.78. The van der Waals surface area contributed by atoms with Crippen LogP contribution in [0.15, 0.2) is 18.3 Å². The Balaban J connectivity index is 2.48. The van der Waals surface area contributed by atoms with Crippen molar-refractivity contribution >= 4 is 0 Å². The van der Waals surface area contributed by atoms with Gasteiger partial charge in [0.05, 0.1) is 12.2 Å². The lowest BCUT2D eigenvalue weighted by atomic mass is 10.2. The first-order chi connectivity index (χ1) is 7.61. The van der Waals surface area contributed by atoms with Crippen LogP contribution in [-0.4, -0.2) is 36.9 Å². The summed E-state index contributed by atoms with van der Waals surface area (Å²) in [5.74, 6) is 0. The molecule has 0 saturated carbocycles. The lowest BCUT2D eigenvalue weighted by Crippen LogP contribution is -2.24. The highest BCUT2D eigenvalue weighted by Gasteiger charge is 2.08. The summed E-state index contributed by atoms with van der Waals surface area (Å²) in [4.78, 5) is 5.78. The predicted molar refractivity (Wildman–Crippen MR) is 59.3 cm³/mol. The second kappa shape index (κ2) is 6.50. The number of nitrogens with zero attached hydrogens (tertiary/aromatic N) is 2. The van der Waals surface area contributed by atoms with E-state index in [0.717, 1.165) is 17.8 Å². The van der Waals surface area contributed by atoms with E-state index >= 15 is 0 Å². The van der Waals surface area contributed by atoms with Gasteiger partial charge < -0.3 is 5.32 Å². The summed E-state index contributed by atoms with van der Waals surface area (Å²) in [6.45, 7) is 0.990. The molecule has 0 aliphatic carbocycles. The van der Waals surface area contributed by atoms with Gasteiger partial charge in [-0.3, -0.25) is 9.88 Å². The molecule has 1 aromatic heterocycles. The average Bonchev–Trinajstić information content (AvgIpc) is 2.20. The van der Waals surface area contributed by atoms with Crippen LogP contribution in [0.5, 0.6) is 0 Å². The first-order valence-corrected chi connectivity index (χ1v) is 5.17. The van der Waals surface area contributed by atoms with E-state index < -0.39 is 6.43 Å². The highest BCUT2D eigenvalue weighted by atomic mass is 19.3. The standard InChI is InChI=1S/C11H17F2N3/c1-14-5-9-3-4-10(15-6-9)7-16(2)8-11(12)13/h3-4,6,11,14H,5,7-8H2,1-2H3. The zero-order chi connectivity index (χ0) is 12.0. The van der Waals surface area contributed by atoms with Crippen LogP contribution >= 0.6 is 0 Å². The van der Waals surface area contributed by atoms with E-state index in [1.807, 2.05) is 19.2 Å². The fraction of sp³-hybridized carbons (Fsp3) is 0.545. The molecule has 16 heavy (non-hydrogen) atoms. The van der Waals surface area contributed by atoms with E-state index in [2.05, 4.69) is 10.3 Å². The predicted octanol–water partition coefficient (Wildman–Crippen LogP) is 1.50. The molecule has 1 N–H and O–H groups in total. The van der Waals surface area contributed by atoms with E-state index in [9.17, 15) is 8.78 Å². The van der Waals surface area contributed by atoms with Crippen LogP contribution in [0, 0.1) is 0 Å². The molecule has 0 amide bonds. The van der Waals surface area contributed by atoms with Crippen molar-refractivity contribution in [1.82, 2.24) is 15.2 Å². The largest absolute Gasteiger partial charge is 0.316 e. The molecule has 0 aliphatic rings. The zero-order valence-electron chi connectivity index (χ0n) is 9.58. The molecular weight excluding hydrogens is 212 g/mol. The Morgan fingerprint density at radius 3 is 2.69 bits per heavy atom. The Morgan fingerprint density at radius 2 is 2.19 bits per heavy atom. The molecule has 0 aliphatic heterocycles. The van der Waals surface area contributed by atoms with Crippen molar-refractivity contribution < 1.29 is 8.78 Å². The number of hydrogen-bond acceptors (Lipinski definition) is 3. The lowest BCUT2D eigenvalue weighted by molar-refractivity contribution is 0.0970. The van der Waals surface area contributed by atoms with E-state index in [4.69, 9.17) is 0 Å². The van der Waals surface area contributed by atoms with Crippen molar-refractivity contribution in [1.29, 1.82) is 0 Å². The van der Waals surface area contributed by atoms with Crippen molar-refractivity contribution in [2.45, 2.75) is 19.5 Å². The van der Waals surface area contributed by atoms with Gasteiger partial charge in [0, 0.05) is 19.3 Å². The Morgan fingerprint density at radius 1 is 1.44 bits per heavy atom. The molecule has 3 nitrogen and oxygen atoms in total. The van der Waals surface area contributed by atoms with Gasteiger partial charge in [0.25, 0.3) is 6.43 Å². The Labute approximate surface area is 94.5 Å². The van der Waals surface area contributed by atoms with Crippen molar-refractivity contribution in [2.24, 2.45) is 0 Å². The Kier molecular flexibility index (Phi) is 5.28. The van der Waals surface area contributed by atoms with Gasteiger partial charge >= 0.3 is 0 Å². The van der Waals surface area contributed by atoms with E-state index in [1.54, 1.807) is 18.1 Å². The lowest BCUT2D eigenvalue weighted by Gasteiger charge is -2.15. The summed E-state index contributed by atoms with van der Waals surface area (Å²) in [5.41, 5.74) is 1.89. The fourth-order valence-corrected chi connectivity index (χ4v) is 1.43. The van der Waals surface area contributed by atoms with Crippen molar-refractivity contribution in [2.75, 3.05) is 20.6 Å². The van der Waals surface area contributed by atoms with Crippen LogP contribution in [0.4, 0.5) is 8.78 Å². The topological polar surface area (TPSA) is 28.2 Å². The number of nitrogens with one attached hydrogen (secondary N) is 1. The van der Waals surface area contributed by atoms with Crippen LogP contribution < -0.4 is 5.32 Å². The highest BCUT2D eigenvalue weighted by Crippen LogP contribution is 2.04. The molecular formula is C11H17F2N3. The van der Waals surface area contributed by atoms with Crippen LogP contribution in [-0.2, 0) is 13.1 Å². The van der Waals surface area contributed by atoms with Gasteiger partial charge in [-0.2, -0.15) is 0 Å². The van der Waals surface area contributed by atoms with Gasteiger partial charge in [-0.05, 0) is 25.7 Å². The molecule has 0 unspecified atom stereocenters. The van der Waals surface area contributed by atoms with Crippen LogP contribution in [0.1, 0.15) is 11.3 Å². The zero-order valence-corrected chi connectivity index (χ0v) is 9.58. The molecule has 0 atom stereocenters. The molecule has 0 saturated heterocycles. The molecule has 1 heterocycles. The third-order valence-electron chi connectivity index (χ3n) is 2.15. The van der Waals surface area contributed by atoms with E-state index in [0.29, 0.717) is 6.54 Å². The molecule has 1 rings (SSSR count). The maximum atomic E-state index is 12.1. The third-order valence-corrected chi connectivity index (χ3v) is 2.15. The molecule has 5 heteroatoms. The third kappa shape index (κ3) is 4.63. The SMILES string of the molecule is CNCc1ccc(CN(C)CC(F)F)nc1. The minimum absolute atomic E-state index is 0.222. The average molecular weight is 229 g/mol. The van der Waals surface area contributed by atoms with Gasteiger partial charge in [-0.15, -0.1) is 0 Å². The van der Waals surface area contributed by atoms with Gasteiger partial charge in [-0.1, -0.05) is 6.07 Å². The quantitative estimate of drug-likeness (QED) is 0.801. The first kappa shape index (κ1) is 13.0. The van der Waals surface area contributed by atoms with Gasteiger partial charge in [0.15, 0.2) is 0 Å². The summed E-state index contributed by atoms with van der Waals surface area (Å²) in [7, 11) is 3.53. The van der Waals surface area contributed by atoms with Crippen LogP contribution in [0.2, 0.25) is 0 Å². The minimum atomic E-state index is -2.30. The molecule has 0 spiro atoms. The summed E-state index contributed by atoms with van der Waals surface area (Å²) in [6.07, 6.45) is -0.532. The minimum Gasteiger partial charge on any atom is -0.316 e. The summed E-state index contributed by atoms with van der Waals surface area (Å²) >= 11 is 0. The first-order valence-electron chi connectivity index (χ1n) is 5.17. The number of rotatable bonds is 6. The second-order valence-corrected chi connectivity index (χ2v) is 3.78. The van der Waals surface area contributed by atoms with Gasteiger partial charge in [0.1, 0.15) is 0 Å². The number of pyridine rings is 1. The molecule has 0 fully saturated rings. The van der Waals surface area contributed by atoms with E-state index in [1.165, 1.54) is 0 Å². The summed E-state index contributed by atoms with van der Waals surface area (Å²) in [6, 6.07) is 3.82. The highest BCUT2D eigenvalue weighted by molar-refractivity contribution is 5.13. The van der Waals surface area contributed by atoms with E-state index in [-0.39, 0.29) is 6.54 Å².